The number of amides is 1. The van der Waals surface area contributed by atoms with Crippen molar-refractivity contribution in [1.29, 1.82) is 0 Å². The van der Waals surface area contributed by atoms with Crippen molar-refractivity contribution < 1.29 is 4.79 Å². The number of carbonyl (C=O) groups excluding carboxylic acids is 1. The van der Waals surface area contributed by atoms with Gasteiger partial charge in [-0.1, -0.05) is 6.42 Å². The molecule has 0 unspecified atom stereocenters. The van der Waals surface area contributed by atoms with Crippen molar-refractivity contribution in [3.8, 4) is 0 Å². The number of hydrogen-bond acceptors (Lipinski definition) is 4. The van der Waals surface area contributed by atoms with Crippen LogP contribution in [0.4, 0.5) is 0 Å². The van der Waals surface area contributed by atoms with Gasteiger partial charge in [0.15, 0.2) is 0 Å². The lowest BCUT2D eigenvalue weighted by molar-refractivity contribution is -0.121. The highest BCUT2D eigenvalue weighted by Gasteiger charge is 2.09. The van der Waals surface area contributed by atoms with Crippen molar-refractivity contribution in [3.05, 3.63) is 12.7 Å². The minimum Gasteiger partial charge on any atom is -0.355 e. The van der Waals surface area contributed by atoms with Crippen LogP contribution in [0.1, 0.15) is 25.7 Å². The quantitative estimate of drug-likeness (QED) is 0.788. The highest BCUT2D eigenvalue weighted by atomic mass is 16.1. The first kappa shape index (κ1) is 13.0. The van der Waals surface area contributed by atoms with E-state index < -0.39 is 0 Å². The first-order valence-corrected chi connectivity index (χ1v) is 6.66. The number of piperidine rings is 1. The number of aryl methyl sites for hydroxylation is 1. The third-order valence-electron chi connectivity index (χ3n) is 3.23. The van der Waals surface area contributed by atoms with Crippen LogP contribution in [0.25, 0.3) is 0 Å². The molecular weight excluding hydrogens is 230 g/mol. The number of hydrogen-bond donors (Lipinski definition) is 1. The van der Waals surface area contributed by atoms with Gasteiger partial charge in [-0.05, 0) is 25.9 Å². The molecule has 0 bridgehead atoms. The van der Waals surface area contributed by atoms with Crippen LogP contribution in [0.15, 0.2) is 12.7 Å². The van der Waals surface area contributed by atoms with Gasteiger partial charge in [-0.25, -0.2) is 4.98 Å². The molecule has 1 N–H and O–H groups in total. The SMILES string of the molecule is O=C(CCn1cncn1)NCCN1CCCCC1. The highest BCUT2D eigenvalue weighted by Crippen LogP contribution is 2.07. The Kier molecular flexibility index (Phi) is 5.14. The van der Waals surface area contributed by atoms with Crippen LogP contribution in [-0.4, -0.2) is 51.8 Å². The van der Waals surface area contributed by atoms with Gasteiger partial charge in [0.2, 0.25) is 5.91 Å². The zero-order valence-electron chi connectivity index (χ0n) is 10.7. The first-order chi connectivity index (χ1) is 8.84. The standard InChI is InChI=1S/C12H21N5O/c18-12(4-8-17-11-13-10-15-17)14-5-9-16-6-2-1-3-7-16/h10-11H,1-9H2,(H,14,18). The Balaban J connectivity index is 1.54. The Bertz CT molecular complexity index is 345. The van der Waals surface area contributed by atoms with Gasteiger partial charge in [0.1, 0.15) is 12.7 Å². The lowest BCUT2D eigenvalue weighted by Gasteiger charge is -2.26. The molecule has 0 aliphatic carbocycles. The van der Waals surface area contributed by atoms with Crippen molar-refractivity contribution in [1.82, 2.24) is 25.0 Å². The summed E-state index contributed by atoms with van der Waals surface area (Å²) in [5.74, 6) is 0.0857. The van der Waals surface area contributed by atoms with Crippen molar-refractivity contribution in [2.45, 2.75) is 32.2 Å². The molecule has 1 aliphatic rings. The number of carbonyl (C=O) groups is 1. The maximum atomic E-state index is 11.6. The number of aromatic nitrogens is 3. The Morgan fingerprint density at radius 2 is 2.06 bits per heavy atom. The van der Waals surface area contributed by atoms with Crippen LogP contribution in [0.2, 0.25) is 0 Å². The molecule has 0 atom stereocenters. The molecule has 1 aromatic heterocycles. The van der Waals surface area contributed by atoms with E-state index >= 15 is 0 Å². The molecule has 100 valence electrons. The summed E-state index contributed by atoms with van der Waals surface area (Å²) < 4.78 is 1.67. The van der Waals surface area contributed by atoms with Crippen molar-refractivity contribution in [2.75, 3.05) is 26.2 Å². The minimum absolute atomic E-state index is 0.0857. The Morgan fingerprint density at radius 1 is 1.22 bits per heavy atom. The number of rotatable bonds is 6. The van der Waals surface area contributed by atoms with Gasteiger partial charge in [0.05, 0.1) is 6.54 Å². The second kappa shape index (κ2) is 7.10. The molecule has 6 heteroatoms. The Morgan fingerprint density at radius 3 is 2.78 bits per heavy atom. The van der Waals surface area contributed by atoms with E-state index in [1.54, 1.807) is 11.0 Å². The summed E-state index contributed by atoms with van der Waals surface area (Å²) in [6.07, 6.45) is 7.50. The van der Waals surface area contributed by atoms with Gasteiger partial charge in [-0.2, -0.15) is 5.10 Å². The zero-order chi connectivity index (χ0) is 12.6. The average Bonchev–Trinajstić information content (AvgIpc) is 2.91. The predicted octanol–water partition coefficient (Wildman–Crippen LogP) is 0.270. The van der Waals surface area contributed by atoms with Crippen LogP contribution >= 0.6 is 0 Å². The lowest BCUT2D eigenvalue weighted by Crippen LogP contribution is -2.37. The van der Waals surface area contributed by atoms with E-state index in [0.29, 0.717) is 13.0 Å². The third kappa shape index (κ3) is 4.44. The summed E-state index contributed by atoms with van der Waals surface area (Å²) in [6, 6.07) is 0. The molecule has 1 aromatic rings. The van der Waals surface area contributed by atoms with Crippen molar-refractivity contribution >= 4 is 5.91 Å². The van der Waals surface area contributed by atoms with E-state index in [0.717, 1.165) is 13.1 Å². The van der Waals surface area contributed by atoms with E-state index in [1.165, 1.54) is 38.7 Å². The summed E-state index contributed by atoms with van der Waals surface area (Å²) in [7, 11) is 0. The summed E-state index contributed by atoms with van der Waals surface area (Å²) in [5, 5.41) is 6.91. The third-order valence-corrected chi connectivity index (χ3v) is 3.23. The van der Waals surface area contributed by atoms with Crippen molar-refractivity contribution in [3.63, 3.8) is 0 Å². The fraction of sp³-hybridized carbons (Fsp3) is 0.750. The van der Waals surface area contributed by atoms with Crippen molar-refractivity contribution in [2.24, 2.45) is 0 Å². The summed E-state index contributed by atoms with van der Waals surface area (Å²) >= 11 is 0. The molecule has 2 rings (SSSR count). The van der Waals surface area contributed by atoms with E-state index in [4.69, 9.17) is 0 Å². The average molecular weight is 251 g/mol. The number of nitrogens with one attached hydrogen (secondary N) is 1. The molecule has 6 nitrogen and oxygen atoms in total. The summed E-state index contributed by atoms with van der Waals surface area (Å²) in [4.78, 5) is 17.8. The van der Waals surface area contributed by atoms with Gasteiger partial charge in [0, 0.05) is 19.5 Å². The van der Waals surface area contributed by atoms with Gasteiger partial charge in [-0.15, -0.1) is 0 Å². The fourth-order valence-electron chi connectivity index (χ4n) is 2.19. The molecule has 1 aliphatic heterocycles. The number of nitrogens with zero attached hydrogens (tertiary/aromatic N) is 4. The zero-order valence-corrected chi connectivity index (χ0v) is 10.7. The molecule has 0 radical (unpaired) electrons. The largest absolute Gasteiger partial charge is 0.355 e. The second-order valence-corrected chi connectivity index (χ2v) is 4.66. The van der Waals surface area contributed by atoms with E-state index in [1.807, 2.05) is 0 Å². The lowest BCUT2D eigenvalue weighted by atomic mass is 10.1. The predicted molar refractivity (Wildman–Crippen MR) is 67.9 cm³/mol. The van der Waals surface area contributed by atoms with Gasteiger partial charge in [-0.3, -0.25) is 9.48 Å². The van der Waals surface area contributed by atoms with Crippen LogP contribution < -0.4 is 5.32 Å². The molecule has 0 spiro atoms. The molecule has 0 saturated carbocycles. The molecular formula is C12H21N5O. The van der Waals surface area contributed by atoms with Gasteiger partial charge >= 0.3 is 0 Å². The smallest absolute Gasteiger partial charge is 0.221 e. The molecule has 18 heavy (non-hydrogen) atoms. The Labute approximate surface area is 107 Å². The normalized spacial score (nSPS) is 16.7. The Hall–Kier alpha value is -1.43. The fourth-order valence-corrected chi connectivity index (χ4v) is 2.19. The van der Waals surface area contributed by atoms with Crippen LogP contribution in [0, 0.1) is 0 Å². The number of likely N-dealkylation sites (tertiary alicyclic amines) is 1. The van der Waals surface area contributed by atoms with Crippen LogP contribution in [0.5, 0.6) is 0 Å². The van der Waals surface area contributed by atoms with E-state index in [2.05, 4.69) is 20.3 Å². The molecule has 2 heterocycles. The molecule has 1 amide bonds. The molecule has 1 fully saturated rings. The maximum Gasteiger partial charge on any atom is 0.221 e. The maximum absolute atomic E-state index is 11.6. The van der Waals surface area contributed by atoms with E-state index in [-0.39, 0.29) is 5.91 Å². The molecule has 0 aromatic carbocycles. The van der Waals surface area contributed by atoms with Gasteiger partial charge in [0.25, 0.3) is 0 Å². The monoisotopic (exact) mass is 251 g/mol. The minimum atomic E-state index is 0.0857. The highest BCUT2D eigenvalue weighted by molar-refractivity contribution is 5.75. The van der Waals surface area contributed by atoms with Crippen LogP contribution in [0.3, 0.4) is 0 Å². The first-order valence-electron chi connectivity index (χ1n) is 6.66. The summed E-state index contributed by atoms with van der Waals surface area (Å²) in [6.45, 7) is 4.66. The summed E-state index contributed by atoms with van der Waals surface area (Å²) in [5.41, 5.74) is 0. The molecule has 1 saturated heterocycles. The van der Waals surface area contributed by atoms with Gasteiger partial charge < -0.3 is 10.2 Å². The van der Waals surface area contributed by atoms with E-state index in [9.17, 15) is 4.79 Å². The second-order valence-electron chi connectivity index (χ2n) is 4.66. The van der Waals surface area contributed by atoms with Crippen LogP contribution in [-0.2, 0) is 11.3 Å². The topological polar surface area (TPSA) is 63.1 Å².